The predicted molar refractivity (Wildman–Crippen MR) is 120 cm³/mol. The average molecular weight is 445 g/mol. The summed E-state index contributed by atoms with van der Waals surface area (Å²) in [6.45, 7) is 9.23. The Bertz CT molecular complexity index is 1130. The van der Waals surface area contributed by atoms with Gasteiger partial charge in [-0.2, -0.15) is 0 Å². The summed E-state index contributed by atoms with van der Waals surface area (Å²) in [7, 11) is 0. The van der Waals surface area contributed by atoms with E-state index < -0.39 is 0 Å². The van der Waals surface area contributed by atoms with E-state index in [1.807, 2.05) is 32.9 Å². The molecule has 1 aliphatic heterocycles. The summed E-state index contributed by atoms with van der Waals surface area (Å²) >= 11 is 1.51. The molecule has 3 aromatic heterocycles. The van der Waals surface area contributed by atoms with Gasteiger partial charge in [0, 0.05) is 37.4 Å². The standard InChI is InChI=1S/C22H28N4O4S/c1-13-4-5-17(30-13)16(26-8-10-29-11-9-26)12-23-19(27)7-6-18-24-21(28)20-14(2)15(3)31-22(20)25-18/h4-5,16H,6-12H2,1-3H3,(H,23,27)(H,24,25,28). The van der Waals surface area contributed by atoms with E-state index in [-0.39, 0.29) is 23.9 Å². The molecule has 0 saturated carbocycles. The zero-order valence-electron chi connectivity index (χ0n) is 18.1. The number of hydrogen-bond donors (Lipinski definition) is 2. The molecule has 31 heavy (non-hydrogen) atoms. The minimum absolute atomic E-state index is 0.0344. The lowest BCUT2D eigenvalue weighted by Gasteiger charge is -2.33. The van der Waals surface area contributed by atoms with Gasteiger partial charge in [0.15, 0.2) is 0 Å². The first-order valence-electron chi connectivity index (χ1n) is 10.6. The van der Waals surface area contributed by atoms with E-state index in [9.17, 15) is 9.59 Å². The summed E-state index contributed by atoms with van der Waals surface area (Å²) in [4.78, 5) is 36.4. The maximum absolute atomic E-state index is 12.5. The monoisotopic (exact) mass is 444 g/mol. The number of carbonyl (C=O) groups excluding carboxylic acids is 1. The number of nitrogens with one attached hydrogen (secondary N) is 2. The van der Waals surface area contributed by atoms with E-state index >= 15 is 0 Å². The number of furan rings is 1. The molecule has 8 nitrogen and oxygen atoms in total. The molecular weight excluding hydrogens is 416 g/mol. The van der Waals surface area contributed by atoms with Gasteiger partial charge in [0.2, 0.25) is 5.91 Å². The number of thiophene rings is 1. The molecule has 0 radical (unpaired) electrons. The third kappa shape index (κ3) is 4.89. The van der Waals surface area contributed by atoms with E-state index in [0.717, 1.165) is 39.9 Å². The molecule has 1 atom stereocenters. The fourth-order valence-corrected chi connectivity index (χ4v) is 4.93. The topological polar surface area (TPSA) is 100 Å². The minimum Gasteiger partial charge on any atom is -0.465 e. The fraction of sp³-hybridized carbons (Fsp3) is 0.500. The lowest BCUT2D eigenvalue weighted by molar-refractivity contribution is -0.121. The summed E-state index contributed by atoms with van der Waals surface area (Å²) in [6, 6.07) is 3.88. The molecule has 1 saturated heterocycles. The van der Waals surface area contributed by atoms with Crippen molar-refractivity contribution in [3.05, 3.63) is 50.3 Å². The van der Waals surface area contributed by atoms with Gasteiger partial charge in [0.1, 0.15) is 22.2 Å². The van der Waals surface area contributed by atoms with Crippen molar-refractivity contribution in [2.45, 2.75) is 39.7 Å². The number of nitrogens with zero attached hydrogens (tertiary/aromatic N) is 2. The van der Waals surface area contributed by atoms with Gasteiger partial charge in [0.05, 0.1) is 24.6 Å². The summed E-state index contributed by atoms with van der Waals surface area (Å²) in [5.74, 6) is 2.16. The Morgan fingerprint density at radius 1 is 1.29 bits per heavy atom. The van der Waals surface area contributed by atoms with Crippen LogP contribution < -0.4 is 10.9 Å². The largest absolute Gasteiger partial charge is 0.465 e. The van der Waals surface area contributed by atoms with Gasteiger partial charge in [-0.15, -0.1) is 11.3 Å². The Balaban J connectivity index is 1.38. The van der Waals surface area contributed by atoms with Crippen molar-refractivity contribution in [2.24, 2.45) is 0 Å². The molecule has 1 aliphatic rings. The number of morpholine rings is 1. The molecule has 0 bridgehead atoms. The molecule has 4 heterocycles. The second-order valence-corrected chi connectivity index (χ2v) is 9.10. The zero-order valence-corrected chi connectivity index (χ0v) is 18.9. The number of rotatable bonds is 7. The van der Waals surface area contributed by atoms with Crippen LogP contribution in [0.25, 0.3) is 10.2 Å². The van der Waals surface area contributed by atoms with Gasteiger partial charge in [-0.3, -0.25) is 14.5 Å². The molecule has 0 spiro atoms. The normalized spacial score (nSPS) is 16.0. The molecule has 0 aromatic carbocycles. The third-order valence-electron chi connectivity index (χ3n) is 5.75. The smallest absolute Gasteiger partial charge is 0.259 e. The van der Waals surface area contributed by atoms with E-state index in [0.29, 0.717) is 37.4 Å². The second kappa shape index (κ2) is 9.33. The van der Waals surface area contributed by atoms with Crippen LogP contribution in [0.1, 0.15) is 40.2 Å². The highest BCUT2D eigenvalue weighted by Crippen LogP contribution is 2.26. The van der Waals surface area contributed by atoms with Crippen molar-refractivity contribution in [1.29, 1.82) is 0 Å². The predicted octanol–water partition coefficient (Wildman–Crippen LogP) is 2.63. The first kappa shape index (κ1) is 21.7. The number of hydrogen-bond acceptors (Lipinski definition) is 7. The van der Waals surface area contributed by atoms with Crippen molar-refractivity contribution in [1.82, 2.24) is 20.2 Å². The Morgan fingerprint density at radius 2 is 2.06 bits per heavy atom. The number of aryl methyl sites for hydroxylation is 4. The van der Waals surface area contributed by atoms with Crippen molar-refractivity contribution < 1.29 is 13.9 Å². The van der Waals surface area contributed by atoms with Crippen LogP contribution in [0.2, 0.25) is 0 Å². The van der Waals surface area contributed by atoms with Crippen LogP contribution in [0.4, 0.5) is 0 Å². The highest BCUT2D eigenvalue weighted by Gasteiger charge is 2.25. The molecule has 9 heteroatoms. The molecule has 0 aliphatic carbocycles. The number of amides is 1. The van der Waals surface area contributed by atoms with Gasteiger partial charge < -0.3 is 19.5 Å². The van der Waals surface area contributed by atoms with Crippen LogP contribution in [0, 0.1) is 20.8 Å². The van der Waals surface area contributed by atoms with Crippen LogP contribution in [-0.4, -0.2) is 53.6 Å². The maximum Gasteiger partial charge on any atom is 0.259 e. The number of H-pyrrole nitrogens is 1. The minimum atomic E-state index is -0.136. The van der Waals surface area contributed by atoms with Gasteiger partial charge in [0.25, 0.3) is 5.56 Å². The molecule has 2 N–H and O–H groups in total. The molecule has 166 valence electrons. The molecule has 1 amide bonds. The van der Waals surface area contributed by atoms with Crippen molar-refractivity contribution in [3.63, 3.8) is 0 Å². The average Bonchev–Trinajstić information content (AvgIpc) is 3.30. The van der Waals surface area contributed by atoms with Crippen molar-refractivity contribution in [2.75, 3.05) is 32.8 Å². The Kier molecular flexibility index (Phi) is 6.54. The summed E-state index contributed by atoms with van der Waals surface area (Å²) in [5, 5.41) is 3.68. The van der Waals surface area contributed by atoms with Crippen LogP contribution in [0.3, 0.4) is 0 Å². The molecule has 4 rings (SSSR count). The van der Waals surface area contributed by atoms with E-state index in [1.54, 1.807) is 0 Å². The molecule has 1 unspecified atom stereocenters. The summed E-state index contributed by atoms with van der Waals surface area (Å²) in [5.41, 5.74) is 0.836. The first-order valence-corrected chi connectivity index (χ1v) is 11.4. The summed E-state index contributed by atoms with van der Waals surface area (Å²) in [6.07, 6.45) is 0.639. The number of carbonyl (C=O) groups is 1. The van der Waals surface area contributed by atoms with Crippen LogP contribution in [0.5, 0.6) is 0 Å². The molecular formula is C22H28N4O4S. The quantitative estimate of drug-likeness (QED) is 0.581. The summed E-state index contributed by atoms with van der Waals surface area (Å²) < 4.78 is 11.3. The second-order valence-electron chi connectivity index (χ2n) is 7.89. The van der Waals surface area contributed by atoms with Gasteiger partial charge >= 0.3 is 0 Å². The van der Waals surface area contributed by atoms with Crippen molar-refractivity contribution >= 4 is 27.5 Å². The Morgan fingerprint density at radius 3 is 2.77 bits per heavy atom. The molecule has 3 aromatic rings. The van der Waals surface area contributed by atoms with Crippen LogP contribution >= 0.6 is 11.3 Å². The van der Waals surface area contributed by atoms with Gasteiger partial charge in [-0.25, -0.2) is 4.98 Å². The van der Waals surface area contributed by atoms with Crippen molar-refractivity contribution in [3.8, 4) is 0 Å². The fourth-order valence-electron chi connectivity index (χ4n) is 3.88. The molecule has 1 fully saturated rings. The van der Waals surface area contributed by atoms with Crippen LogP contribution in [-0.2, 0) is 16.0 Å². The Hall–Kier alpha value is -2.49. The van der Waals surface area contributed by atoms with Crippen LogP contribution in [0.15, 0.2) is 21.3 Å². The van der Waals surface area contributed by atoms with Gasteiger partial charge in [-0.05, 0) is 38.5 Å². The maximum atomic E-state index is 12.5. The number of ether oxygens (including phenoxy) is 1. The van der Waals surface area contributed by atoms with E-state index in [1.165, 1.54) is 11.3 Å². The first-order chi connectivity index (χ1) is 14.9. The van der Waals surface area contributed by atoms with E-state index in [2.05, 4.69) is 20.2 Å². The number of aromatic nitrogens is 2. The highest BCUT2D eigenvalue weighted by molar-refractivity contribution is 7.18. The highest BCUT2D eigenvalue weighted by atomic mass is 32.1. The lowest BCUT2D eigenvalue weighted by Crippen LogP contribution is -2.43. The zero-order chi connectivity index (χ0) is 22.0. The Labute approximate surface area is 184 Å². The number of fused-ring (bicyclic) bond motifs is 1. The van der Waals surface area contributed by atoms with E-state index in [4.69, 9.17) is 9.15 Å². The lowest BCUT2D eigenvalue weighted by atomic mass is 10.1. The number of aromatic amines is 1. The third-order valence-corrected chi connectivity index (χ3v) is 6.85. The van der Waals surface area contributed by atoms with Gasteiger partial charge in [-0.1, -0.05) is 0 Å². The SMILES string of the molecule is Cc1ccc(C(CNC(=O)CCc2nc3sc(C)c(C)c3c(=O)[nH]2)N2CCOCC2)o1.